The van der Waals surface area contributed by atoms with Crippen LogP contribution < -0.4 is 11.5 Å². The van der Waals surface area contributed by atoms with E-state index in [1.54, 1.807) is 0 Å². The van der Waals surface area contributed by atoms with Crippen molar-refractivity contribution in [2.24, 2.45) is 5.73 Å². The minimum absolute atomic E-state index is 0.213. The number of hydrogen-bond acceptors (Lipinski definition) is 3. The van der Waals surface area contributed by atoms with E-state index in [0.29, 0.717) is 5.69 Å². The Morgan fingerprint density at radius 1 is 1.47 bits per heavy atom. The molecule has 1 aromatic carbocycles. The largest absolute Gasteiger partial charge is 0.397 e. The van der Waals surface area contributed by atoms with Crippen molar-refractivity contribution in [3.63, 3.8) is 0 Å². The molecule has 4 N–H and O–H groups in total. The lowest BCUT2D eigenvalue weighted by atomic mass is 10.2. The molecule has 0 radical (unpaired) electrons. The van der Waals surface area contributed by atoms with Crippen LogP contribution in [0.1, 0.15) is 10.4 Å². The Balaban J connectivity index is 2.52. The molecule has 0 saturated heterocycles. The van der Waals surface area contributed by atoms with E-state index < -0.39 is 11.7 Å². The summed E-state index contributed by atoms with van der Waals surface area (Å²) in [5.74, 6) is -1.05. The van der Waals surface area contributed by atoms with E-state index >= 15 is 0 Å². The molecule has 0 unspecified atom stereocenters. The van der Waals surface area contributed by atoms with Crippen molar-refractivity contribution in [1.82, 2.24) is 9.78 Å². The van der Waals surface area contributed by atoms with Gasteiger partial charge >= 0.3 is 0 Å². The molecule has 88 valence electrons. The number of halogens is 2. The number of primary amides is 1. The van der Waals surface area contributed by atoms with Crippen LogP contribution in [0.4, 0.5) is 10.1 Å². The van der Waals surface area contributed by atoms with Crippen molar-refractivity contribution < 1.29 is 9.18 Å². The number of carbonyl (C=O) groups excluding carboxylic acids is 1. The van der Waals surface area contributed by atoms with Crippen molar-refractivity contribution in [3.05, 3.63) is 40.4 Å². The van der Waals surface area contributed by atoms with Crippen LogP contribution in [0.15, 0.2) is 29.0 Å². The van der Waals surface area contributed by atoms with Crippen LogP contribution >= 0.6 is 15.9 Å². The zero-order valence-corrected chi connectivity index (χ0v) is 10.1. The van der Waals surface area contributed by atoms with Gasteiger partial charge in [0, 0.05) is 12.3 Å². The number of nitrogen functional groups attached to an aromatic ring is 1. The Kier molecular flexibility index (Phi) is 2.84. The average molecular weight is 299 g/mol. The normalized spacial score (nSPS) is 10.5. The summed E-state index contributed by atoms with van der Waals surface area (Å²) in [6, 6.07) is 2.65. The summed E-state index contributed by atoms with van der Waals surface area (Å²) in [5.41, 5.74) is 11.7. The highest BCUT2D eigenvalue weighted by molar-refractivity contribution is 9.10. The third kappa shape index (κ3) is 2.14. The van der Waals surface area contributed by atoms with Crippen molar-refractivity contribution in [1.29, 1.82) is 0 Å². The molecule has 17 heavy (non-hydrogen) atoms. The Morgan fingerprint density at radius 3 is 2.76 bits per heavy atom. The number of carbonyl (C=O) groups is 1. The topological polar surface area (TPSA) is 86.9 Å². The molecule has 0 saturated carbocycles. The van der Waals surface area contributed by atoms with E-state index in [4.69, 9.17) is 11.5 Å². The van der Waals surface area contributed by atoms with Gasteiger partial charge in [-0.3, -0.25) is 4.79 Å². The predicted molar refractivity (Wildman–Crippen MR) is 64.2 cm³/mol. The molecule has 5 nitrogen and oxygen atoms in total. The monoisotopic (exact) mass is 298 g/mol. The zero-order chi connectivity index (χ0) is 12.6. The maximum Gasteiger partial charge on any atom is 0.251 e. The molecular weight excluding hydrogens is 291 g/mol. The lowest BCUT2D eigenvalue weighted by Crippen LogP contribution is -2.09. The molecule has 0 aliphatic carbocycles. The molecule has 1 heterocycles. The zero-order valence-electron chi connectivity index (χ0n) is 8.52. The number of rotatable bonds is 2. The van der Waals surface area contributed by atoms with Gasteiger partial charge in [0.25, 0.3) is 5.91 Å². The summed E-state index contributed by atoms with van der Waals surface area (Å²) in [7, 11) is 0. The van der Waals surface area contributed by atoms with E-state index in [9.17, 15) is 9.18 Å². The Morgan fingerprint density at radius 2 is 2.18 bits per heavy atom. The molecule has 0 fully saturated rings. The second kappa shape index (κ2) is 4.17. The Bertz CT molecular complexity index is 596. The summed E-state index contributed by atoms with van der Waals surface area (Å²) in [4.78, 5) is 10.9. The number of hydrogen-bond donors (Lipinski definition) is 2. The highest BCUT2D eigenvalue weighted by Crippen LogP contribution is 2.25. The predicted octanol–water partition coefficient (Wildman–Crippen LogP) is 1.45. The number of nitrogens with zero attached hydrogens (tertiary/aromatic N) is 2. The van der Waals surface area contributed by atoms with Crippen LogP contribution in [-0.4, -0.2) is 15.7 Å². The first-order chi connectivity index (χ1) is 7.99. The van der Waals surface area contributed by atoms with Gasteiger partial charge in [0.1, 0.15) is 5.82 Å². The highest BCUT2D eigenvalue weighted by Gasteiger charge is 2.10. The van der Waals surface area contributed by atoms with Gasteiger partial charge < -0.3 is 11.5 Å². The first-order valence-electron chi connectivity index (χ1n) is 4.58. The Labute approximate surface area is 104 Å². The molecule has 2 rings (SSSR count). The fourth-order valence-corrected chi connectivity index (χ4v) is 1.66. The number of aromatic nitrogens is 2. The van der Waals surface area contributed by atoms with Gasteiger partial charge in [-0.15, -0.1) is 0 Å². The summed E-state index contributed by atoms with van der Waals surface area (Å²) >= 11 is 3.05. The minimum atomic E-state index is -0.587. The second-order valence-corrected chi connectivity index (χ2v) is 4.22. The van der Waals surface area contributed by atoms with E-state index in [1.165, 1.54) is 29.2 Å². The minimum Gasteiger partial charge on any atom is -0.397 e. The average Bonchev–Trinajstić information content (AvgIpc) is 2.72. The molecule has 0 spiro atoms. The summed E-state index contributed by atoms with van der Waals surface area (Å²) < 4.78 is 14.8. The van der Waals surface area contributed by atoms with E-state index in [2.05, 4.69) is 21.0 Å². The summed E-state index contributed by atoms with van der Waals surface area (Å²) in [6.45, 7) is 0. The number of amides is 1. The van der Waals surface area contributed by atoms with Gasteiger partial charge in [-0.1, -0.05) is 0 Å². The third-order valence-corrected chi connectivity index (χ3v) is 2.79. The molecule has 0 aliphatic rings. The fourth-order valence-electron chi connectivity index (χ4n) is 1.33. The van der Waals surface area contributed by atoms with Gasteiger partial charge in [0.15, 0.2) is 0 Å². The Hall–Kier alpha value is -1.89. The molecule has 0 bridgehead atoms. The first kappa shape index (κ1) is 11.6. The van der Waals surface area contributed by atoms with Gasteiger partial charge in [-0.05, 0) is 22.0 Å². The van der Waals surface area contributed by atoms with Crippen molar-refractivity contribution >= 4 is 27.5 Å². The molecule has 2 aromatic rings. The van der Waals surface area contributed by atoms with Crippen LogP contribution in [0.2, 0.25) is 0 Å². The first-order valence-corrected chi connectivity index (χ1v) is 5.37. The number of anilines is 1. The molecule has 1 amide bonds. The van der Waals surface area contributed by atoms with Crippen molar-refractivity contribution in [3.8, 4) is 5.69 Å². The van der Waals surface area contributed by atoms with Crippen LogP contribution in [0.5, 0.6) is 0 Å². The van der Waals surface area contributed by atoms with E-state index in [0.717, 1.165) is 0 Å². The van der Waals surface area contributed by atoms with E-state index in [-0.39, 0.29) is 15.7 Å². The quantitative estimate of drug-likeness (QED) is 0.823. The lowest BCUT2D eigenvalue weighted by Gasteiger charge is -2.06. The number of benzene rings is 1. The smallest absolute Gasteiger partial charge is 0.251 e. The van der Waals surface area contributed by atoms with Crippen LogP contribution in [0.25, 0.3) is 5.69 Å². The lowest BCUT2D eigenvalue weighted by molar-refractivity contribution is 0.100. The standard InChI is InChI=1S/C10H8BrFN4O/c11-6-1-9(8(13)2-7(6)12)16-4-5(3-15-16)10(14)17/h1-4H,13H2,(H2,14,17). The highest BCUT2D eigenvalue weighted by atomic mass is 79.9. The van der Waals surface area contributed by atoms with E-state index in [1.807, 2.05) is 0 Å². The molecule has 7 heteroatoms. The number of nitrogens with two attached hydrogens (primary N) is 2. The molecule has 1 aromatic heterocycles. The van der Waals surface area contributed by atoms with Gasteiger partial charge in [-0.2, -0.15) is 5.10 Å². The summed E-state index contributed by atoms with van der Waals surface area (Å²) in [5, 5.41) is 3.93. The van der Waals surface area contributed by atoms with Gasteiger partial charge in [0.2, 0.25) is 0 Å². The van der Waals surface area contributed by atoms with Crippen molar-refractivity contribution in [2.75, 3.05) is 5.73 Å². The van der Waals surface area contributed by atoms with Crippen molar-refractivity contribution in [2.45, 2.75) is 0 Å². The fraction of sp³-hybridized carbons (Fsp3) is 0. The summed E-state index contributed by atoms with van der Waals surface area (Å²) in [6.07, 6.45) is 2.75. The maximum absolute atomic E-state index is 13.2. The van der Waals surface area contributed by atoms with Gasteiger partial charge in [0.05, 0.1) is 27.6 Å². The third-order valence-electron chi connectivity index (χ3n) is 2.18. The van der Waals surface area contributed by atoms with Crippen LogP contribution in [-0.2, 0) is 0 Å². The maximum atomic E-state index is 13.2. The van der Waals surface area contributed by atoms with Crippen LogP contribution in [0.3, 0.4) is 0 Å². The van der Waals surface area contributed by atoms with Gasteiger partial charge in [-0.25, -0.2) is 9.07 Å². The second-order valence-electron chi connectivity index (χ2n) is 3.36. The molecule has 0 atom stereocenters. The van der Waals surface area contributed by atoms with Crippen LogP contribution in [0, 0.1) is 5.82 Å². The SMILES string of the molecule is NC(=O)c1cnn(-c2cc(Br)c(F)cc2N)c1. The molecule has 0 aliphatic heterocycles. The molecular formula is C10H8BrFN4O.